The number of aliphatic carboxylic acids is 1. The molecule has 0 aliphatic carbocycles. The van der Waals surface area contributed by atoms with Crippen LogP contribution in [0.3, 0.4) is 0 Å². The standard InChI is InChI=1S/C4H9NO3.2H2O/c6-2-1-5-3-4(7)8;;/h5-6H,1-3H2,(H,7,8);2*1H2. The molecule has 0 aromatic rings. The Morgan fingerprint density at radius 2 is 1.90 bits per heavy atom. The Morgan fingerprint density at radius 3 is 2.20 bits per heavy atom. The summed E-state index contributed by atoms with van der Waals surface area (Å²) in [6.07, 6.45) is 0. The zero-order chi connectivity index (χ0) is 6.41. The molecule has 0 spiro atoms. The molecular formula is C4H13NO5. The maximum atomic E-state index is 9.73. The van der Waals surface area contributed by atoms with Crippen LogP contribution < -0.4 is 5.32 Å². The van der Waals surface area contributed by atoms with Crippen molar-refractivity contribution in [3.05, 3.63) is 0 Å². The average Bonchev–Trinajstić information content (AvgIpc) is 1.66. The van der Waals surface area contributed by atoms with Crippen molar-refractivity contribution in [1.82, 2.24) is 5.32 Å². The lowest BCUT2D eigenvalue weighted by atomic mass is 10.6. The van der Waals surface area contributed by atoms with E-state index >= 15 is 0 Å². The van der Waals surface area contributed by atoms with Gasteiger partial charge in [-0.1, -0.05) is 0 Å². The Kier molecular flexibility index (Phi) is 18.0. The SMILES string of the molecule is O.O.O=C(O)CNCCO. The summed E-state index contributed by atoms with van der Waals surface area (Å²) in [5, 5.41) is 18.6. The van der Waals surface area contributed by atoms with Gasteiger partial charge >= 0.3 is 5.97 Å². The molecular weight excluding hydrogens is 142 g/mol. The summed E-state index contributed by atoms with van der Waals surface area (Å²) in [6.45, 7) is 0.236. The molecule has 6 heteroatoms. The first kappa shape index (κ1) is 16.1. The number of carboxylic acid groups (broad SMARTS) is 1. The number of rotatable bonds is 4. The fourth-order valence-corrected chi connectivity index (χ4v) is 0.274. The Morgan fingerprint density at radius 1 is 1.40 bits per heavy atom. The van der Waals surface area contributed by atoms with E-state index in [-0.39, 0.29) is 24.1 Å². The molecule has 0 saturated carbocycles. The summed E-state index contributed by atoms with van der Waals surface area (Å²) in [7, 11) is 0. The Hall–Kier alpha value is -0.690. The normalized spacial score (nSPS) is 7.30. The molecule has 0 heterocycles. The molecule has 0 amide bonds. The first-order valence-electron chi connectivity index (χ1n) is 2.30. The van der Waals surface area contributed by atoms with Crippen LogP contribution in [0.25, 0.3) is 0 Å². The van der Waals surface area contributed by atoms with E-state index in [1.165, 1.54) is 0 Å². The number of aliphatic hydroxyl groups is 1. The van der Waals surface area contributed by atoms with Crippen molar-refractivity contribution in [3.63, 3.8) is 0 Å². The molecule has 0 fully saturated rings. The monoisotopic (exact) mass is 155 g/mol. The van der Waals surface area contributed by atoms with Crippen LogP contribution in [-0.4, -0.2) is 46.8 Å². The lowest BCUT2D eigenvalue weighted by molar-refractivity contribution is -0.135. The van der Waals surface area contributed by atoms with Crippen LogP contribution in [0.15, 0.2) is 0 Å². The molecule has 7 N–H and O–H groups in total. The molecule has 0 radical (unpaired) electrons. The second-order valence-electron chi connectivity index (χ2n) is 1.29. The Balaban J connectivity index is -0.000000245. The fourth-order valence-electron chi connectivity index (χ4n) is 0.274. The molecule has 10 heavy (non-hydrogen) atoms. The molecule has 0 atom stereocenters. The zero-order valence-corrected chi connectivity index (χ0v) is 5.42. The number of hydrogen-bond acceptors (Lipinski definition) is 3. The summed E-state index contributed by atoms with van der Waals surface area (Å²) >= 11 is 0. The minimum absolute atomic E-state index is 0. The van der Waals surface area contributed by atoms with Crippen LogP contribution in [0.4, 0.5) is 0 Å². The second kappa shape index (κ2) is 11.2. The summed E-state index contributed by atoms with van der Waals surface area (Å²) in [6, 6.07) is 0. The molecule has 0 saturated heterocycles. The van der Waals surface area contributed by atoms with Crippen LogP contribution in [-0.2, 0) is 4.79 Å². The van der Waals surface area contributed by atoms with E-state index in [9.17, 15) is 4.79 Å². The van der Waals surface area contributed by atoms with Gasteiger partial charge in [0.05, 0.1) is 13.2 Å². The van der Waals surface area contributed by atoms with E-state index in [1.54, 1.807) is 0 Å². The first-order chi connectivity index (χ1) is 3.77. The van der Waals surface area contributed by atoms with E-state index in [0.717, 1.165) is 0 Å². The third-order valence-corrected chi connectivity index (χ3v) is 0.565. The molecule has 0 aromatic carbocycles. The van der Waals surface area contributed by atoms with Gasteiger partial charge in [0.1, 0.15) is 0 Å². The van der Waals surface area contributed by atoms with Gasteiger partial charge in [0.25, 0.3) is 0 Å². The number of nitrogens with one attached hydrogen (secondary N) is 1. The fraction of sp³-hybridized carbons (Fsp3) is 0.750. The highest BCUT2D eigenvalue weighted by Gasteiger charge is 1.91. The van der Waals surface area contributed by atoms with Gasteiger partial charge < -0.3 is 26.5 Å². The highest BCUT2D eigenvalue weighted by molar-refractivity contribution is 5.68. The Bertz CT molecular complexity index is 76.0. The maximum Gasteiger partial charge on any atom is 0.317 e. The Labute approximate surface area is 58.1 Å². The minimum Gasteiger partial charge on any atom is -0.480 e. The molecule has 6 nitrogen and oxygen atoms in total. The third kappa shape index (κ3) is 15.7. The molecule has 0 bridgehead atoms. The van der Waals surface area contributed by atoms with Crippen molar-refractivity contribution < 1.29 is 26.0 Å². The van der Waals surface area contributed by atoms with Crippen LogP contribution in [0, 0.1) is 0 Å². The number of carboxylic acids is 1. The van der Waals surface area contributed by atoms with Crippen molar-refractivity contribution >= 4 is 5.97 Å². The van der Waals surface area contributed by atoms with Gasteiger partial charge in [-0.2, -0.15) is 0 Å². The van der Waals surface area contributed by atoms with E-state index in [2.05, 4.69) is 5.32 Å². The van der Waals surface area contributed by atoms with E-state index in [1.807, 2.05) is 0 Å². The van der Waals surface area contributed by atoms with Gasteiger partial charge in [0.2, 0.25) is 0 Å². The molecule has 0 aliphatic heterocycles. The molecule has 0 aromatic heterocycles. The van der Waals surface area contributed by atoms with Gasteiger partial charge in [-0.05, 0) is 0 Å². The lowest BCUT2D eigenvalue weighted by Gasteiger charge is -1.93. The van der Waals surface area contributed by atoms with Gasteiger partial charge in [-0.15, -0.1) is 0 Å². The number of carbonyl (C=O) groups is 1. The largest absolute Gasteiger partial charge is 0.480 e. The van der Waals surface area contributed by atoms with Gasteiger partial charge in [0, 0.05) is 6.54 Å². The molecule has 0 aliphatic rings. The van der Waals surface area contributed by atoms with Gasteiger partial charge in [0.15, 0.2) is 0 Å². The molecule has 64 valence electrons. The van der Waals surface area contributed by atoms with Crippen LogP contribution in [0.2, 0.25) is 0 Å². The van der Waals surface area contributed by atoms with Gasteiger partial charge in [-0.25, -0.2) is 0 Å². The van der Waals surface area contributed by atoms with E-state index in [0.29, 0.717) is 6.54 Å². The average molecular weight is 155 g/mol. The second-order valence-corrected chi connectivity index (χ2v) is 1.29. The van der Waals surface area contributed by atoms with Crippen molar-refractivity contribution in [2.45, 2.75) is 0 Å². The molecule has 0 rings (SSSR count). The van der Waals surface area contributed by atoms with E-state index in [4.69, 9.17) is 10.2 Å². The van der Waals surface area contributed by atoms with E-state index < -0.39 is 5.97 Å². The summed E-state index contributed by atoms with van der Waals surface area (Å²) in [5.74, 6) is -0.904. The molecule has 0 unspecified atom stereocenters. The topological polar surface area (TPSA) is 133 Å². The van der Waals surface area contributed by atoms with Crippen molar-refractivity contribution in [1.29, 1.82) is 0 Å². The van der Waals surface area contributed by atoms with Crippen LogP contribution in [0.1, 0.15) is 0 Å². The third-order valence-electron chi connectivity index (χ3n) is 0.565. The van der Waals surface area contributed by atoms with Crippen molar-refractivity contribution in [3.8, 4) is 0 Å². The summed E-state index contributed by atoms with van der Waals surface area (Å²) in [5.41, 5.74) is 0. The maximum absolute atomic E-state index is 9.73. The minimum atomic E-state index is -0.904. The highest BCUT2D eigenvalue weighted by atomic mass is 16.4. The quantitative estimate of drug-likeness (QED) is 0.373. The number of hydrogen-bond donors (Lipinski definition) is 3. The predicted octanol–water partition coefficient (Wildman–Crippen LogP) is -3.00. The van der Waals surface area contributed by atoms with Crippen LogP contribution >= 0.6 is 0 Å². The predicted molar refractivity (Wildman–Crippen MR) is 34.8 cm³/mol. The lowest BCUT2D eigenvalue weighted by Crippen LogP contribution is -2.25. The summed E-state index contributed by atoms with van der Waals surface area (Å²) in [4.78, 5) is 9.73. The summed E-state index contributed by atoms with van der Waals surface area (Å²) < 4.78 is 0. The van der Waals surface area contributed by atoms with Crippen molar-refractivity contribution in [2.75, 3.05) is 19.7 Å². The first-order valence-corrected chi connectivity index (χ1v) is 2.30. The zero-order valence-electron chi connectivity index (χ0n) is 5.42. The van der Waals surface area contributed by atoms with Crippen molar-refractivity contribution in [2.24, 2.45) is 0 Å². The van der Waals surface area contributed by atoms with Crippen LogP contribution in [0.5, 0.6) is 0 Å². The smallest absolute Gasteiger partial charge is 0.317 e. The highest BCUT2D eigenvalue weighted by Crippen LogP contribution is 1.58. The van der Waals surface area contributed by atoms with Gasteiger partial charge in [-0.3, -0.25) is 4.79 Å². The number of aliphatic hydroxyl groups excluding tert-OH is 1.